The summed E-state index contributed by atoms with van der Waals surface area (Å²) in [7, 11) is 0. The van der Waals surface area contributed by atoms with E-state index in [-0.39, 0.29) is 25.5 Å². The van der Waals surface area contributed by atoms with Crippen LogP contribution in [0.1, 0.15) is 18.1 Å². The summed E-state index contributed by atoms with van der Waals surface area (Å²) in [6.45, 7) is 3.10. The van der Waals surface area contributed by atoms with Crippen LogP contribution in [-0.2, 0) is 11.2 Å². The van der Waals surface area contributed by atoms with Crippen molar-refractivity contribution in [1.29, 1.82) is 0 Å². The molecule has 94 valence electrons. The Morgan fingerprint density at radius 3 is 2.65 bits per heavy atom. The Bertz CT molecular complexity index is 388. The minimum atomic E-state index is -1.26. The van der Waals surface area contributed by atoms with Crippen molar-refractivity contribution >= 4 is 5.91 Å². The average molecular weight is 237 g/mol. The van der Waals surface area contributed by atoms with Crippen LogP contribution in [0.2, 0.25) is 0 Å². The predicted molar refractivity (Wildman–Crippen MR) is 65.6 cm³/mol. The van der Waals surface area contributed by atoms with Crippen molar-refractivity contribution in [3.63, 3.8) is 0 Å². The Balaban J connectivity index is 2.48. The average Bonchev–Trinajstić information content (AvgIpc) is 2.30. The number of aliphatic hydroxyl groups excluding tert-OH is 1. The summed E-state index contributed by atoms with van der Waals surface area (Å²) in [5.41, 5.74) is 0.770. The fraction of sp³-hybridized carbons (Fsp3) is 0.462. The van der Waals surface area contributed by atoms with Crippen molar-refractivity contribution in [2.75, 3.05) is 13.2 Å². The standard InChI is InChI=1S/C13H19NO3/c1-10-5-3-4-6-11(10)7-12(16)14-8-13(2,17)9-15/h3-6,15,17H,7-9H2,1-2H3,(H,14,16). The number of amides is 1. The normalized spacial score (nSPS) is 14.1. The molecule has 0 fully saturated rings. The van der Waals surface area contributed by atoms with Crippen LogP contribution in [0.25, 0.3) is 0 Å². The second-order valence-corrected chi connectivity index (χ2v) is 4.54. The van der Waals surface area contributed by atoms with Crippen LogP contribution in [0.3, 0.4) is 0 Å². The fourth-order valence-electron chi connectivity index (χ4n) is 1.39. The highest BCUT2D eigenvalue weighted by Crippen LogP contribution is 2.07. The van der Waals surface area contributed by atoms with Gasteiger partial charge in [0, 0.05) is 6.54 Å². The molecule has 0 saturated carbocycles. The quantitative estimate of drug-likeness (QED) is 0.694. The van der Waals surface area contributed by atoms with Gasteiger partial charge >= 0.3 is 0 Å². The van der Waals surface area contributed by atoms with Gasteiger partial charge in [-0.15, -0.1) is 0 Å². The molecule has 1 atom stereocenters. The summed E-state index contributed by atoms with van der Waals surface area (Å²) >= 11 is 0. The van der Waals surface area contributed by atoms with Crippen LogP contribution < -0.4 is 5.32 Å². The largest absolute Gasteiger partial charge is 0.393 e. The zero-order chi connectivity index (χ0) is 12.9. The minimum Gasteiger partial charge on any atom is -0.393 e. The molecule has 17 heavy (non-hydrogen) atoms. The van der Waals surface area contributed by atoms with Crippen LogP contribution >= 0.6 is 0 Å². The van der Waals surface area contributed by atoms with Gasteiger partial charge in [0.1, 0.15) is 5.60 Å². The number of carbonyl (C=O) groups excluding carboxylic acids is 1. The SMILES string of the molecule is Cc1ccccc1CC(=O)NCC(C)(O)CO. The molecule has 0 aliphatic carbocycles. The lowest BCUT2D eigenvalue weighted by atomic mass is 10.1. The molecule has 0 saturated heterocycles. The van der Waals surface area contributed by atoms with E-state index in [1.807, 2.05) is 31.2 Å². The van der Waals surface area contributed by atoms with Crippen LogP contribution in [0.15, 0.2) is 24.3 Å². The highest BCUT2D eigenvalue weighted by atomic mass is 16.3. The number of nitrogens with one attached hydrogen (secondary N) is 1. The number of aryl methyl sites for hydroxylation is 1. The number of carbonyl (C=O) groups is 1. The van der Waals surface area contributed by atoms with Gasteiger partial charge in [-0.05, 0) is 25.0 Å². The molecule has 4 heteroatoms. The second-order valence-electron chi connectivity index (χ2n) is 4.54. The van der Waals surface area contributed by atoms with E-state index in [0.29, 0.717) is 0 Å². The molecule has 4 nitrogen and oxygen atoms in total. The Kier molecular flexibility index (Phi) is 4.66. The molecule has 0 radical (unpaired) electrons. The van der Waals surface area contributed by atoms with Crippen LogP contribution in [0.4, 0.5) is 0 Å². The maximum absolute atomic E-state index is 11.6. The van der Waals surface area contributed by atoms with Crippen molar-refractivity contribution < 1.29 is 15.0 Å². The molecule has 0 aliphatic rings. The number of hydrogen-bond donors (Lipinski definition) is 3. The number of aliphatic hydroxyl groups is 2. The number of rotatable bonds is 5. The van der Waals surface area contributed by atoms with Gasteiger partial charge in [-0.3, -0.25) is 4.79 Å². The van der Waals surface area contributed by atoms with E-state index in [1.165, 1.54) is 6.92 Å². The zero-order valence-corrected chi connectivity index (χ0v) is 10.2. The smallest absolute Gasteiger partial charge is 0.224 e. The summed E-state index contributed by atoms with van der Waals surface area (Å²) in [5.74, 6) is -0.159. The first-order chi connectivity index (χ1) is 7.94. The highest BCUT2D eigenvalue weighted by molar-refractivity contribution is 5.78. The molecule has 3 N–H and O–H groups in total. The van der Waals surface area contributed by atoms with E-state index in [1.54, 1.807) is 0 Å². The third kappa shape index (κ3) is 4.54. The number of hydrogen-bond acceptors (Lipinski definition) is 3. The van der Waals surface area contributed by atoms with E-state index in [4.69, 9.17) is 5.11 Å². The molecule has 0 bridgehead atoms. The van der Waals surface area contributed by atoms with Gasteiger partial charge in [0.05, 0.1) is 13.0 Å². The lowest BCUT2D eigenvalue weighted by molar-refractivity contribution is -0.121. The van der Waals surface area contributed by atoms with Gasteiger partial charge in [-0.2, -0.15) is 0 Å². The van der Waals surface area contributed by atoms with Crippen molar-refractivity contribution in [2.45, 2.75) is 25.9 Å². The van der Waals surface area contributed by atoms with Gasteiger partial charge in [0.25, 0.3) is 0 Å². The van der Waals surface area contributed by atoms with E-state index in [0.717, 1.165) is 11.1 Å². The third-order valence-electron chi connectivity index (χ3n) is 2.62. The summed E-state index contributed by atoms with van der Waals surface area (Å²) in [5, 5.41) is 21.0. The Labute approximate surface area is 101 Å². The maximum atomic E-state index is 11.6. The van der Waals surface area contributed by atoms with Gasteiger partial charge in [0.2, 0.25) is 5.91 Å². The molecular formula is C13H19NO3. The molecule has 0 aromatic heterocycles. The predicted octanol–water partition coefficient (Wildman–Crippen LogP) is 0.397. The molecule has 1 aromatic rings. The first-order valence-corrected chi connectivity index (χ1v) is 5.59. The number of benzene rings is 1. The van der Waals surface area contributed by atoms with Crippen LogP contribution in [-0.4, -0.2) is 34.9 Å². The summed E-state index contributed by atoms with van der Waals surface area (Å²) in [4.78, 5) is 11.6. The molecule has 1 unspecified atom stereocenters. The van der Waals surface area contributed by atoms with Gasteiger partial charge < -0.3 is 15.5 Å². The second kappa shape index (κ2) is 5.80. The first-order valence-electron chi connectivity index (χ1n) is 5.59. The van der Waals surface area contributed by atoms with Crippen molar-refractivity contribution in [3.05, 3.63) is 35.4 Å². The molecule has 1 aromatic carbocycles. The van der Waals surface area contributed by atoms with Gasteiger partial charge in [0.15, 0.2) is 0 Å². The molecule has 0 aliphatic heterocycles. The highest BCUT2D eigenvalue weighted by Gasteiger charge is 2.19. The summed E-state index contributed by atoms with van der Waals surface area (Å²) < 4.78 is 0. The fourth-order valence-corrected chi connectivity index (χ4v) is 1.39. The van der Waals surface area contributed by atoms with Gasteiger partial charge in [-0.1, -0.05) is 24.3 Å². The van der Waals surface area contributed by atoms with Gasteiger partial charge in [-0.25, -0.2) is 0 Å². The van der Waals surface area contributed by atoms with Crippen molar-refractivity contribution in [2.24, 2.45) is 0 Å². The first kappa shape index (κ1) is 13.7. The van der Waals surface area contributed by atoms with Crippen LogP contribution in [0.5, 0.6) is 0 Å². The lowest BCUT2D eigenvalue weighted by Gasteiger charge is -2.20. The Morgan fingerprint density at radius 2 is 2.06 bits per heavy atom. The van der Waals surface area contributed by atoms with Crippen LogP contribution in [0, 0.1) is 6.92 Å². The topological polar surface area (TPSA) is 69.6 Å². The molecule has 0 spiro atoms. The maximum Gasteiger partial charge on any atom is 0.224 e. The molecular weight excluding hydrogens is 218 g/mol. The van der Waals surface area contributed by atoms with Crippen molar-refractivity contribution in [1.82, 2.24) is 5.32 Å². The minimum absolute atomic E-state index is 0.0498. The third-order valence-corrected chi connectivity index (χ3v) is 2.62. The zero-order valence-electron chi connectivity index (χ0n) is 10.2. The summed E-state index contributed by atoms with van der Waals surface area (Å²) in [6, 6.07) is 7.67. The molecule has 0 heterocycles. The Hall–Kier alpha value is -1.39. The molecule has 1 rings (SSSR count). The van der Waals surface area contributed by atoms with E-state index < -0.39 is 5.60 Å². The monoisotopic (exact) mass is 237 g/mol. The van der Waals surface area contributed by atoms with E-state index >= 15 is 0 Å². The molecule has 1 amide bonds. The van der Waals surface area contributed by atoms with E-state index in [2.05, 4.69) is 5.32 Å². The van der Waals surface area contributed by atoms with E-state index in [9.17, 15) is 9.90 Å². The van der Waals surface area contributed by atoms with Crippen molar-refractivity contribution in [3.8, 4) is 0 Å². The summed E-state index contributed by atoms with van der Waals surface area (Å²) in [6.07, 6.45) is 0.286. The lowest BCUT2D eigenvalue weighted by Crippen LogP contribution is -2.43. The Morgan fingerprint density at radius 1 is 1.41 bits per heavy atom.